The molecule has 2 aromatic rings. The largest absolute Gasteiger partial charge is 0.359 e. The maximum Gasteiger partial charge on any atom is 0.163 e. The molecule has 0 atom stereocenters. The summed E-state index contributed by atoms with van der Waals surface area (Å²) in [7, 11) is 2.08. The first-order valence-corrected chi connectivity index (χ1v) is 10.4. The fraction of sp³-hybridized carbons (Fsp3) is 0.435. The first kappa shape index (κ1) is 22.4. The molecule has 0 saturated carbocycles. The molecule has 0 amide bonds. The van der Waals surface area contributed by atoms with E-state index in [1.807, 2.05) is 44.2 Å². The average molecular weight is 395 g/mol. The molecule has 0 aliphatic rings. The summed E-state index contributed by atoms with van der Waals surface area (Å²) in [5, 5.41) is 10.5. The minimum Gasteiger partial charge on any atom is -0.359 e. The number of anilines is 3. The summed E-state index contributed by atoms with van der Waals surface area (Å²) >= 11 is 0. The van der Waals surface area contributed by atoms with Crippen molar-refractivity contribution >= 4 is 23.0 Å². The second kappa shape index (κ2) is 11.2. The zero-order chi connectivity index (χ0) is 21.2. The maximum absolute atomic E-state index is 4.89. The Morgan fingerprint density at radius 2 is 1.97 bits per heavy atom. The number of rotatable bonds is 10. The van der Waals surface area contributed by atoms with Gasteiger partial charge in [-0.3, -0.25) is 5.10 Å². The number of unbranched alkanes of at least 4 members (excludes halogenated alkanes) is 1. The molecule has 2 heterocycles. The van der Waals surface area contributed by atoms with Crippen molar-refractivity contribution in [2.24, 2.45) is 0 Å². The van der Waals surface area contributed by atoms with Gasteiger partial charge in [-0.05, 0) is 33.6 Å². The highest BCUT2D eigenvalue weighted by Crippen LogP contribution is 2.25. The Hall–Kier alpha value is -2.89. The molecule has 0 bridgehead atoms. The van der Waals surface area contributed by atoms with Crippen LogP contribution in [0.3, 0.4) is 0 Å². The highest BCUT2D eigenvalue weighted by molar-refractivity contribution is 5.74. The number of aryl methyl sites for hydroxylation is 1. The topological polar surface area (TPSA) is 69.7 Å². The summed E-state index contributed by atoms with van der Waals surface area (Å²) in [4.78, 5) is 11.9. The first-order chi connectivity index (χ1) is 14.0. The lowest BCUT2D eigenvalue weighted by atomic mass is 10.1. The van der Waals surface area contributed by atoms with Crippen molar-refractivity contribution in [1.82, 2.24) is 20.2 Å². The van der Waals surface area contributed by atoms with Crippen LogP contribution in [0.5, 0.6) is 0 Å². The molecule has 0 fully saturated rings. The Morgan fingerprint density at radius 3 is 2.59 bits per heavy atom. The Labute approximate surface area is 174 Å². The summed E-state index contributed by atoms with van der Waals surface area (Å²) in [6.07, 6.45) is 11.4. The number of hydrogen-bond acceptors (Lipinski definition) is 5. The van der Waals surface area contributed by atoms with Gasteiger partial charge in [-0.15, -0.1) is 0 Å². The lowest BCUT2D eigenvalue weighted by Gasteiger charge is -2.20. The number of H-pyrrole nitrogens is 1. The van der Waals surface area contributed by atoms with Crippen molar-refractivity contribution in [1.29, 1.82) is 0 Å². The molecular weight excluding hydrogens is 360 g/mol. The molecule has 2 rings (SSSR count). The molecule has 0 radical (unpaired) electrons. The predicted octanol–water partition coefficient (Wildman–Crippen LogP) is 5.80. The van der Waals surface area contributed by atoms with Crippen molar-refractivity contribution in [2.45, 2.75) is 53.9 Å². The molecule has 0 unspecified atom stereocenters. The number of aromatic nitrogens is 4. The van der Waals surface area contributed by atoms with Gasteiger partial charge >= 0.3 is 0 Å². The van der Waals surface area contributed by atoms with E-state index in [-0.39, 0.29) is 0 Å². The van der Waals surface area contributed by atoms with E-state index in [1.54, 1.807) is 0 Å². The summed E-state index contributed by atoms with van der Waals surface area (Å²) in [5.41, 5.74) is 3.30. The van der Waals surface area contributed by atoms with Crippen LogP contribution in [0.15, 0.2) is 42.0 Å². The maximum atomic E-state index is 4.89. The third-order valence-corrected chi connectivity index (χ3v) is 4.71. The normalized spacial score (nSPS) is 12.6. The molecule has 156 valence electrons. The van der Waals surface area contributed by atoms with Crippen LogP contribution in [0.4, 0.5) is 17.5 Å². The molecule has 0 aromatic carbocycles. The zero-order valence-electron chi connectivity index (χ0n) is 18.6. The molecule has 6 heteroatoms. The standard InChI is InChI=1S/C23H34N6/c1-7-10-12-13-19(17(4)9-3)23-25-20(24-21-15-18(5)27-28-21)16-22(26-23)29(6)14-11-8-2/h7,10,12-13,15-16H,8-9,11,14H2,1-6H3,(H2,24,25,26,27,28)/b10-7-,13-12-,19-17?. The summed E-state index contributed by atoms with van der Waals surface area (Å²) < 4.78 is 0. The van der Waals surface area contributed by atoms with Gasteiger partial charge in [0.1, 0.15) is 11.6 Å². The van der Waals surface area contributed by atoms with Crippen molar-refractivity contribution in [3.63, 3.8) is 0 Å². The predicted molar refractivity (Wildman–Crippen MR) is 124 cm³/mol. The smallest absolute Gasteiger partial charge is 0.163 e. The van der Waals surface area contributed by atoms with Gasteiger partial charge in [0.05, 0.1) is 0 Å². The second-order valence-corrected chi connectivity index (χ2v) is 7.20. The SMILES string of the molecule is C/C=C\C=C/C(=C(C)CC)c1nc(Nc2cc(C)[nH]n2)cc(N(C)CCCC)n1. The number of hydrogen-bond donors (Lipinski definition) is 2. The van der Waals surface area contributed by atoms with E-state index in [4.69, 9.17) is 9.97 Å². The fourth-order valence-corrected chi connectivity index (χ4v) is 2.80. The monoisotopic (exact) mass is 394 g/mol. The minimum atomic E-state index is 0.723. The van der Waals surface area contributed by atoms with Crippen molar-refractivity contribution < 1.29 is 0 Å². The lowest BCUT2D eigenvalue weighted by molar-refractivity contribution is 0.758. The van der Waals surface area contributed by atoms with E-state index in [0.717, 1.165) is 60.4 Å². The van der Waals surface area contributed by atoms with Crippen LogP contribution in [-0.4, -0.2) is 33.8 Å². The average Bonchev–Trinajstić information content (AvgIpc) is 3.13. The van der Waals surface area contributed by atoms with Gasteiger partial charge in [-0.25, -0.2) is 9.97 Å². The van der Waals surface area contributed by atoms with E-state index in [1.165, 1.54) is 5.57 Å². The molecule has 0 aliphatic carbocycles. The number of allylic oxidation sites excluding steroid dienone is 6. The Kier molecular flexibility index (Phi) is 8.65. The van der Waals surface area contributed by atoms with Crippen LogP contribution in [0.25, 0.3) is 5.57 Å². The van der Waals surface area contributed by atoms with Crippen LogP contribution in [0.2, 0.25) is 0 Å². The zero-order valence-corrected chi connectivity index (χ0v) is 18.6. The van der Waals surface area contributed by atoms with Crippen molar-refractivity contribution in [3.8, 4) is 0 Å². The fourth-order valence-electron chi connectivity index (χ4n) is 2.80. The van der Waals surface area contributed by atoms with Gasteiger partial charge in [0.15, 0.2) is 11.6 Å². The van der Waals surface area contributed by atoms with Gasteiger partial charge in [0.25, 0.3) is 0 Å². The Morgan fingerprint density at radius 1 is 1.17 bits per heavy atom. The summed E-state index contributed by atoms with van der Waals surface area (Å²) in [6, 6.07) is 3.94. The third-order valence-electron chi connectivity index (χ3n) is 4.71. The highest BCUT2D eigenvalue weighted by Gasteiger charge is 2.13. The molecule has 29 heavy (non-hydrogen) atoms. The van der Waals surface area contributed by atoms with Gasteiger partial charge in [0.2, 0.25) is 0 Å². The van der Waals surface area contributed by atoms with Crippen LogP contribution < -0.4 is 10.2 Å². The molecule has 6 nitrogen and oxygen atoms in total. The van der Waals surface area contributed by atoms with E-state index in [9.17, 15) is 0 Å². The van der Waals surface area contributed by atoms with Gasteiger partial charge in [-0.2, -0.15) is 5.10 Å². The number of nitrogens with one attached hydrogen (secondary N) is 2. The molecule has 0 aliphatic heterocycles. The summed E-state index contributed by atoms with van der Waals surface area (Å²) in [5.74, 6) is 3.11. The minimum absolute atomic E-state index is 0.723. The van der Waals surface area contributed by atoms with E-state index in [0.29, 0.717) is 0 Å². The molecule has 0 spiro atoms. The molecule has 0 saturated heterocycles. The number of nitrogens with zero attached hydrogens (tertiary/aromatic N) is 4. The number of aromatic amines is 1. The Balaban J connectivity index is 2.51. The van der Waals surface area contributed by atoms with Crippen LogP contribution >= 0.6 is 0 Å². The Bertz CT molecular complexity index is 875. The van der Waals surface area contributed by atoms with Crippen LogP contribution in [-0.2, 0) is 0 Å². The molecular formula is C23H34N6. The van der Waals surface area contributed by atoms with Gasteiger partial charge < -0.3 is 10.2 Å². The van der Waals surface area contributed by atoms with Crippen molar-refractivity contribution in [2.75, 3.05) is 23.8 Å². The van der Waals surface area contributed by atoms with Crippen LogP contribution in [0.1, 0.15) is 58.5 Å². The molecule has 2 N–H and O–H groups in total. The summed E-state index contributed by atoms with van der Waals surface area (Å²) in [6.45, 7) is 11.4. The van der Waals surface area contributed by atoms with Gasteiger partial charge in [0, 0.05) is 37.0 Å². The van der Waals surface area contributed by atoms with Crippen molar-refractivity contribution in [3.05, 3.63) is 53.5 Å². The van der Waals surface area contributed by atoms with E-state index < -0.39 is 0 Å². The van der Waals surface area contributed by atoms with Crippen LogP contribution in [0, 0.1) is 6.92 Å². The second-order valence-electron chi connectivity index (χ2n) is 7.20. The quantitative estimate of drug-likeness (QED) is 0.498. The third kappa shape index (κ3) is 6.59. The lowest BCUT2D eigenvalue weighted by Crippen LogP contribution is -2.20. The van der Waals surface area contributed by atoms with Gasteiger partial charge in [-0.1, -0.05) is 50.1 Å². The van der Waals surface area contributed by atoms with E-state index >= 15 is 0 Å². The first-order valence-electron chi connectivity index (χ1n) is 10.4. The highest BCUT2D eigenvalue weighted by atomic mass is 15.2. The molecule has 2 aromatic heterocycles. The van der Waals surface area contributed by atoms with E-state index in [2.05, 4.69) is 54.3 Å².